The molecule has 0 fully saturated rings. The molecule has 1 aromatic carbocycles. The van der Waals surface area contributed by atoms with Crippen LogP contribution in [0, 0.1) is 0 Å². The van der Waals surface area contributed by atoms with E-state index in [0.29, 0.717) is 0 Å². The molecule has 0 aromatic heterocycles. The standard InChI is InChI=1S/C13H18O/c1-4-11-5-7-12(8-6-11)9-10-13(2,3)14/h4-8,14H,1,9-10H2,2-3H3. The summed E-state index contributed by atoms with van der Waals surface area (Å²) in [5.74, 6) is 0. The lowest BCUT2D eigenvalue weighted by atomic mass is 9.98. The van der Waals surface area contributed by atoms with Crippen LogP contribution in [0.3, 0.4) is 0 Å². The van der Waals surface area contributed by atoms with Gasteiger partial charge in [-0.3, -0.25) is 0 Å². The maximum absolute atomic E-state index is 9.56. The van der Waals surface area contributed by atoms with Crippen LogP contribution in [0.15, 0.2) is 30.8 Å². The fraction of sp³-hybridized carbons (Fsp3) is 0.385. The van der Waals surface area contributed by atoms with Gasteiger partial charge in [0.1, 0.15) is 0 Å². The van der Waals surface area contributed by atoms with E-state index in [9.17, 15) is 5.11 Å². The van der Waals surface area contributed by atoms with Gasteiger partial charge >= 0.3 is 0 Å². The van der Waals surface area contributed by atoms with Crippen LogP contribution >= 0.6 is 0 Å². The number of hydrogen-bond donors (Lipinski definition) is 1. The van der Waals surface area contributed by atoms with Crippen LogP contribution < -0.4 is 0 Å². The average molecular weight is 190 g/mol. The maximum Gasteiger partial charge on any atom is 0.0594 e. The summed E-state index contributed by atoms with van der Waals surface area (Å²) in [5.41, 5.74) is 1.83. The predicted octanol–water partition coefficient (Wildman–Crippen LogP) is 3.03. The molecule has 1 N–H and O–H groups in total. The van der Waals surface area contributed by atoms with Crippen LogP contribution in [0.1, 0.15) is 31.4 Å². The Hall–Kier alpha value is -1.08. The molecule has 0 heterocycles. The monoisotopic (exact) mass is 190 g/mol. The van der Waals surface area contributed by atoms with E-state index < -0.39 is 5.60 Å². The average Bonchev–Trinajstić information content (AvgIpc) is 2.14. The summed E-state index contributed by atoms with van der Waals surface area (Å²) in [6.07, 6.45) is 3.54. The highest BCUT2D eigenvalue weighted by atomic mass is 16.3. The summed E-state index contributed by atoms with van der Waals surface area (Å²) >= 11 is 0. The Labute approximate surface area is 86.1 Å². The molecule has 0 amide bonds. The van der Waals surface area contributed by atoms with E-state index in [-0.39, 0.29) is 0 Å². The van der Waals surface area contributed by atoms with Gasteiger partial charge in [0.2, 0.25) is 0 Å². The highest BCUT2D eigenvalue weighted by molar-refractivity contribution is 5.47. The van der Waals surface area contributed by atoms with Crippen molar-refractivity contribution in [2.45, 2.75) is 32.3 Å². The maximum atomic E-state index is 9.56. The van der Waals surface area contributed by atoms with E-state index in [1.54, 1.807) is 0 Å². The molecule has 1 heteroatoms. The smallest absolute Gasteiger partial charge is 0.0594 e. The third-order valence-electron chi connectivity index (χ3n) is 2.24. The number of hydrogen-bond acceptors (Lipinski definition) is 1. The first-order chi connectivity index (χ1) is 6.51. The van der Waals surface area contributed by atoms with Gasteiger partial charge in [-0.05, 0) is 37.8 Å². The zero-order valence-electron chi connectivity index (χ0n) is 8.96. The molecule has 76 valence electrons. The Morgan fingerprint density at radius 3 is 2.29 bits per heavy atom. The summed E-state index contributed by atoms with van der Waals surface area (Å²) in [6.45, 7) is 7.38. The van der Waals surface area contributed by atoms with Gasteiger partial charge in [-0.2, -0.15) is 0 Å². The second kappa shape index (κ2) is 4.43. The van der Waals surface area contributed by atoms with Gasteiger partial charge in [-0.25, -0.2) is 0 Å². The quantitative estimate of drug-likeness (QED) is 0.773. The molecule has 1 aromatic rings. The Kier molecular flexibility index (Phi) is 3.48. The second-order valence-corrected chi connectivity index (χ2v) is 4.26. The third-order valence-corrected chi connectivity index (χ3v) is 2.24. The van der Waals surface area contributed by atoms with Crippen molar-refractivity contribution in [2.75, 3.05) is 0 Å². The molecule has 0 aliphatic rings. The van der Waals surface area contributed by atoms with Gasteiger partial charge in [0.15, 0.2) is 0 Å². The summed E-state index contributed by atoms with van der Waals surface area (Å²) < 4.78 is 0. The lowest BCUT2D eigenvalue weighted by Gasteiger charge is -2.16. The minimum absolute atomic E-state index is 0.572. The molecule has 0 saturated carbocycles. The van der Waals surface area contributed by atoms with Crippen LogP contribution in [-0.2, 0) is 6.42 Å². The highest BCUT2D eigenvalue weighted by Gasteiger charge is 2.11. The number of benzene rings is 1. The minimum Gasteiger partial charge on any atom is -0.390 e. The second-order valence-electron chi connectivity index (χ2n) is 4.26. The largest absolute Gasteiger partial charge is 0.390 e. The van der Waals surface area contributed by atoms with Crippen molar-refractivity contribution in [3.8, 4) is 0 Å². The van der Waals surface area contributed by atoms with E-state index in [4.69, 9.17) is 0 Å². The molecule has 0 aliphatic carbocycles. The van der Waals surface area contributed by atoms with Crippen molar-refractivity contribution in [3.05, 3.63) is 42.0 Å². The lowest BCUT2D eigenvalue weighted by Crippen LogP contribution is -2.19. The Morgan fingerprint density at radius 2 is 1.86 bits per heavy atom. The normalized spacial score (nSPS) is 11.4. The third kappa shape index (κ3) is 3.75. The Morgan fingerprint density at radius 1 is 1.29 bits per heavy atom. The van der Waals surface area contributed by atoms with E-state index in [0.717, 1.165) is 18.4 Å². The lowest BCUT2D eigenvalue weighted by molar-refractivity contribution is 0.0714. The predicted molar refractivity (Wildman–Crippen MR) is 61.2 cm³/mol. The van der Waals surface area contributed by atoms with Crippen LogP contribution in [0.2, 0.25) is 0 Å². The summed E-state index contributed by atoms with van der Waals surface area (Å²) in [5, 5.41) is 9.56. The Bertz CT molecular complexity index is 290. The molecule has 0 aliphatic heterocycles. The molecule has 0 unspecified atom stereocenters. The van der Waals surface area contributed by atoms with Crippen molar-refractivity contribution in [3.63, 3.8) is 0 Å². The molecule has 0 saturated heterocycles. The SMILES string of the molecule is C=Cc1ccc(CCC(C)(C)O)cc1. The molecular weight excluding hydrogens is 172 g/mol. The first-order valence-electron chi connectivity index (χ1n) is 4.95. The van der Waals surface area contributed by atoms with Gasteiger partial charge in [0.25, 0.3) is 0 Å². The fourth-order valence-electron chi connectivity index (χ4n) is 1.27. The molecule has 1 rings (SSSR count). The van der Waals surface area contributed by atoms with Crippen LogP contribution in [0.4, 0.5) is 0 Å². The summed E-state index contributed by atoms with van der Waals surface area (Å²) in [4.78, 5) is 0. The number of aliphatic hydroxyl groups is 1. The number of rotatable bonds is 4. The topological polar surface area (TPSA) is 20.2 Å². The van der Waals surface area contributed by atoms with E-state index in [1.807, 2.05) is 32.1 Å². The van der Waals surface area contributed by atoms with Gasteiger partial charge in [-0.1, -0.05) is 36.9 Å². The van der Waals surface area contributed by atoms with Gasteiger partial charge in [0.05, 0.1) is 5.60 Å². The minimum atomic E-state index is -0.572. The highest BCUT2D eigenvalue weighted by Crippen LogP contribution is 2.13. The Balaban J connectivity index is 2.56. The van der Waals surface area contributed by atoms with Crippen molar-refractivity contribution in [1.29, 1.82) is 0 Å². The van der Waals surface area contributed by atoms with E-state index >= 15 is 0 Å². The van der Waals surface area contributed by atoms with E-state index in [1.165, 1.54) is 5.56 Å². The first-order valence-corrected chi connectivity index (χ1v) is 4.95. The van der Waals surface area contributed by atoms with Crippen LogP contribution in [0.25, 0.3) is 6.08 Å². The van der Waals surface area contributed by atoms with Gasteiger partial charge in [0, 0.05) is 0 Å². The van der Waals surface area contributed by atoms with Crippen molar-refractivity contribution in [2.24, 2.45) is 0 Å². The molecule has 0 atom stereocenters. The van der Waals surface area contributed by atoms with Crippen molar-refractivity contribution < 1.29 is 5.11 Å². The summed E-state index contributed by atoms with van der Waals surface area (Å²) in [6, 6.07) is 8.27. The molecule has 0 bridgehead atoms. The first kappa shape index (κ1) is 11.0. The van der Waals surface area contributed by atoms with Crippen molar-refractivity contribution >= 4 is 6.08 Å². The van der Waals surface area contributed by atoms with Crippen LogP contribution in [0.5, 0.6) is 0 Å². The molecular formula is C13H18O. The van der Waals surface area contributed by atoms with Crippen molar-refractivity contribution in [1.82, 2.24) is 0 Å². The zero-order chi connectivity index (χ0) is 10.6. The summed E-state index contributed by atoms with van der Waals surface area (Å²) in [7, 11) is 0. The molecule has 14 heavy (non-hydrogen) atoms. The number of aryl methyl sites for hydroxylation is 1. The van der Waals surface area contributed by atoms with Crippen LogP contribution in [-0.4, -0.2) is 10.7 Å². The molecule has 0 spiro atoms. The zero-order valence-corrected chi connectivity index (χ0v) is 8.96. The fourth-order valence-corrected chi connectivity index (χ4v) is 1.27. The van der Waals surface area contributed by atoms with Gasteiger partial charge in [-0.15, -0.1) is 0 Å². The van der Waals surface area contributed by atoms with E-state index in [2.05, 4.69) is 18.7 Å². The molecule has 1 nitrogen and oxygen atoms in total. The van der Waals surface area contributed by atoms with Gasteiger partial charge < -0.3 is 5.11 Å². The molecule has 0 radical (unpaired) electrons.